The molecule has 5 nitrogen and oxygen atoms in total. The van der Waals surface area contributed by atoms with Crippen LogP contribution in [0.25, 0.3) is 0 Å². The molecule has 2 rings (SSSR count). The standard InChI is InChI=1S/C12H9ClN2O3S/c13-7-1-3-8(4-2-7)14-10(16)5-11-15-9(6-19-11)12(17)18/h1-4,6H,5H2,(H,14,16)(H,17,18). The van der Waals surface area contributed by atoms with Crippen molar-refractivity contribution in [2.24, 2.45) is 0 Å². The van der Waals surface area contributed by atoms with E-state index in [0.29, 0.717) is 15.7 Å². The maximum atomic E-state index is 11.7. The van der Waals surface area contributed by atoms with Gasteiger partial charge in [-0.2, -0.15) is 0 Å². The first-order chi connectivity index (χ1) is 9.04. The van der Waals surface area contributed by atoms with Crippen LogP contribution in [0.4, 0.5) is 5.69 Å². The van der Waals surface area contributed by atoms with Crippen LogP contribution in [0.5, 0.6) is 0 Å². The van der Waals surface area contributed by atoms with Gasteiger partial charge in [-0.15, -0.1) is 11.3 Å². The van der Waals surface area contributed by atoms with Crippen molar-refractivity contribution in [1.29, 1.82) is 0 Å². The molecule has 2 aromatic rings. The number of amides is 1. The Kier molecular flexibility index (Phi) is 4.13. The molecule has 98 valence electrons. The van der Waals surface area contributed by atoms with Gasteiger partial charge in [0.05, 0.1) is 6.42 Å². The van der Waals surface area contributed by atoms with Crippen LogP contribution in [0.3, 0.4) is 0 Å². The molecule has 0 saturated carbocycles. The van der Waals surface area contributed by atoms with Crippen molar-refractivity contribution in [3.8, 4) is 0 Å². The summed E-state index contributed by atoms with van der Waals surface area (Å²) in [5, 5.41) is 13.9. The van der Waals surface area contributed by atoms with E-state index in [1.54, 1.807) is 24.3 Å². The zero-order valence-corrected chi connectivity index (χ0v) is 11.2. The minimum atomic E-state index is -1.10. The van der Waals surface area contributed by atoms with E-state index in [4.69, 9.17) is 16.7 Å². The van der Waals surface area contributed by atoms with Crippen LogP contribution in [0.1, 0.15) is 15.5 Å². The Hall–Kier alpha value is -1.92. The molecule has 1 aromatic carbocycles. The lowest BCUT2D eigenvalue weighted by atomic mass is 10.3. The Labute approximate surface area is 117 Å². The number of aromatic nitrogens is 1. The largest absolute Gasteiger partial charge is 0.476 e. The van der Waals surface area contributed by atoms with E-state index < -0.39 is 5.97 Å². The summed E-state index contributed by atoms with van der Waals surface area (Å²) in [6.07, 6.45) is 0.0422. The second kappa shape index (κ2) is 5.81. The number of carbonyl (C=O) groups excluding carboxylic acids is 1. The van der Waals surface area contributed by atoms with Gasteiger partial charge in [0.1, 0.15) is 5.01 Å². The average Bonchev–Trinajstić information content (AvgIpc) is 2.80. The summed E-state index contributed by atoms with van der Waals surface area (Å²) in [5.74, 6) is -1.35. The second-order valence-electron chi connectivity index (χ2n) is 3.66. The van der Waals surface area contributed by atoms with Crippen molar-refractivity contribution in [2.75, 3.05) is 5.32 Å². The summed E-state index contributed by atoms with van der Waals surface area (Å²) >= 11 is 6.88. The molecule has 1 aromatic heterocycles. The molecule has 0 fully saturated rings. The summed E-state index contributed by atoms with van der Waals surface area (Å²) in [6, 6.07) is 6.71. The zero-order chi connectivity index (χ0) is 13.8. The highest BCUT2D eigenvalue weighted by atomic mass is 35.5. The molecular weight excluding hydrogens is 288 g/mol. The fourth-order valence-corrected chi connectivity index (χ4v) is 2.26. The molecule has 0 radical (unpaired) electrons. The van der Waals surface area contributed by atoms with Crippen LogP contribution < -0.4 is 5.32 Å². The van der Waals surface area contributed by atoms with Gasteiger partial charge in [0.15, 0.2) is 5.69 Å². The number of halogens is 1. The smallest absolute Gasteiger partial charge is 0.355 e. The fourth-order valence-electron chi connectivity index (χ4n) is 1.37. The van der Waals surface area contributed by atoms with Gasteiger partial charge in [0, 0.05) is 16.1 Å². The Bertz CT molecular complexity index is 610. The second-order valence-corrected chi connectivity index (χ2v) is 5.04. The molecule has 0 aliphatic rings. The highest BCUT2D eigenvalue weighted by molar-refractivity contribution is 7.09. The Balaban J connectivity index is 1.97. The van der Waals surface area contributed by atoms with Crippen LogP contribution in [-0.4, -0.2) is 22.0 Å². The minimum absolute atomic E-state index is 0.0422. The summed E-state index contributed by atoms with van der Waals surface area (Å²) in [4.78, 5) is 26.2. The van der Waals surface area contributed by atoms with Crippen LogP contribution in [-0.2, 0) is 11.2 Å². The van der Waals surface area contributed by atoms with Gasteiger partial charge >= 0.3 is 5.97 Å². The van der Waals surface area contributed by atoms with Gasteiger partial charge in [-0.1, -0.05) is 11.6 Å². The third-order valence-corrected chi connectivity index (χ3v) is 3.31. The molecule has 0 atom stereocenters. The van der Waals surface area contributed by atoms with Gasteiger partial charge in [0.25, 0.3) is 0 Å². The lowest BCUT2D eigenvalue weighted by Crippen LogP contribution is -2.14. The highest BCUT2D eigenvalue weighted by Gasteiger charge is 2.11. The number of carboxylic acids is 1. The summed E-state index contributed by atoms with van der Waals surface area (Å²) in [5.41, 5.74) is 0.587. The predicted octanol–water partition coefficient (Wildman–Crippen LogP) is 2.68. The van der Waals surface area contributed by atoms with E-state index in [1.165, 1.54) is 5.38 Å². The maximum Gasteiger partial charge on any atom is 0.355 e. The first-order valence-electron chi connectivity index (χ1n) is 5.28. The monoisotopic (exact) mass is 296 g/mol. The van der Waals surface area contributed by atoms with Gasteiger partial charge in [0.2, 0.25) is 5.91 Å². The topological polar surface area (TPSA) is 79.3 Å². The Morgan fingerprint density at radius 1 is 1.32 bits per heavy atom. The summed E-state index contributed by atoms with van der Waals surface area (Å²) < 4.78 is 0. The number of nitrogens with one attached hydrogen (secondary N) is 1. The number of hydrogen-bond donors (Lipinski definition) is 2. The van der Waals surface area contributed by atoms with Crippen LogP contribution in [0.2, 0.25) is 5.02 Å². The molecule has 1 amide bonds. The number of nitrogens with zero attached hydrogens (tertiary/aromatic N) is 1. The third kappa shape index (κ3) is 3.77. The number of benzene rings is 1. The first-order valence-corrected chi connectivity index (χ1v) is 6.53. The number of aromatic carboxylic acids is 1. The average molecular weight is 297 g/mol. The van der Waals surface area contributed by atoms with Gasteiger partial charge in [-0.25, -0.2) is 9.78 Å². The maximum absolute atomic E-state index is 11.7. The highest BCUT2D eigenvalue weighted by Crippen LogP contribution is 2.15. The number of thiazole rings is 1. The molecule has 0 unspecified atom stereocenters. The van der Waals surface area contributed by atoms with Gasteiger partial charge in [-0.3, -0.25) is 4.79 Å². The quantitative estimate of drug-likeness (QED) is 0.909. The van der Waals surface area contributed by atoms with Crippen molar-refractivity contribution >= 4 is 40.5 Å². The molecular formula is C12H9ClN2O3S. The molecule has 19 heavy (non-hydrogen) atoms. The summed E-state index contributed by atoms with van der Waals surface area (Å²) in [7, 11) is 0. The molecule has 0 aliphatic carbocycles. The predicted molar refractivity (Wildman–Crippen MR) is 72.9 cm³/mol. The number of hydrogen-bond acceptors (Lipinski definition) is 4. The van der Waals surface area contributed by atoms with E-state index in [2.05, 4.69) is 10.3 Å². The van der Waals surface area contributed by atoms with Gasteiger partial charge < -0.3 is 10.4 Å². The first kappa shape index (κ1) is 13.5. The molecule has 0 bridgehead atoms. The fraction of sp³-hybridized carbons (Fsp3) is 0.0833. The van der Waals surface area contributed by atoms with Crippen molar-refractivity contribution in [2.45, 2.75) is 6.42 Å². The molecule has 2 N–H and O–H groups in total. The number of rotatable bonds is 4. The van der Waals surface area contributed by atoms with Gasteiger partial charge in [-0.05, 0) is 24.3 Å². The third-order valence-electron chi connectivity index (χ3n) is 2.21. The normalized spacial score (nSPS) is 10.2. The molecule has 0 spiro atoms. The van der Waals surface area contributed by atoms with Crippen LogP contribution >= 0.6 is 22.9 Å². The molecule has 0 saturated heterocycles. The number of carboxylic acid groups (broad SMARTS) is 1. The van der Waals surface area contributed by atoms with Crippen molar-refractivity contribution < 1.29 is 14.7 Å². The van der Waals surface area contributed by atoms with Crippen molar-refractivity contribution in [1.82, 2.24) is 4.98 Å². The van der Waals surface area contributed by atoms with E-state index in [0.717, 1.165) is 11.3 Å². The Morgan fingerprint density at radius 2 is 2.00 bits per heavy atom. The van der Waals surface area contributed by atoms with Crippen molar-refractivity contribution in [3.63, 3.8) is 0 Å². The number of carbonyl (C=O) groups is 2. The molecule has 1 heterocycles. The minimum Gasteiger partial charge on any atom is -0.476 e. The Morgan fingerprint density at radius 3 is 2.58 bits per heavy atom. The van der Waals surface area contributed by atoms with E-state index >= 15 is 0 Å². The summed E-state index contributed by atoms with van der Waals surface area (Å²) in [6.45, 7) is 0. The zero-order valence-electron chi connectivity index (χ0n) is 9.59. The lowest BCUT2D eigenvalue weighted by Gasteiger charge is -2.03. The molecule has 7 heteroatoms. The number of anilines is 1. The SMILES string of the molecule is O=C(Cc1nc(C(=O)O)cs1)Nc1ccc(Cl)cc1. The van der Waals surface area contributed by atoms with E-state index in [9.17, 15) is 9.59 Å². The van der Waals surface area contributed by atoms with Crippen LogP contribution in [0.15, 0.2) is 29.6 Å². The van der Waals surface area contributed by atoms with E-state index in [1.807, 2.05) is 0 Å². The van der Waals surface area contributed by atoms with E-state index in [-0.39, 0.29) is 18.0 Å². The van der Waals surface area contributed by atoms with Crippen LogP contribution in [0, 0.1) is 0 Å². The lowest BCUT2D eigenvalue weighted by molar-refractivity contribution is -0.115. The van der Waals surface area contributed by atoms with Crippen molar-refractivity contribution in [3.05, 3.63) is 45.4 Å². The molecule has 0 aliphatic heterocycles.